The summed E-state index contributed by atoms with van der Waals surface area (Å²) in [6.45, 7) is 2.82. The maximum Gasteiger partial charge on any atom is 0.360 e. The fraction of sp³-hybridized carbons (Fsp3) is 0.385. The summed E-state index contributed by atoms with van der Waals surface area (Å²) in [4.78, 5) is 15.8. The third kappa shape index (κ3) is 3.18. The Morgan fingerprint density at radius 2 is 2.35 bits per heavy atom. The van der Waals surface area contributed by atoms with Crippen LogP contribution in [0.4, 0.5) is 0 Å². The number of nitrogens with zero attached hydrogens (tertiary/aromatic N) is 4. The molecular weight excluding hydrogens is 258 g/mol. The van der Waals surface area contributed by atoms with Crippen LogP contribution in [0.3, 0.4) is 0 Å². The number of pyridine rings is 1. The number of nitrogens with two attached hydrogens (primary N) is 1. The van der Waals surface area contributed by atoms with Crippen LogP contribution in [0.5, 0.6) is 0 Å². The normalized spacial score (nSPS) is 10.5. The molecule has 106 valence electrons. The fourth-order valence-corrected chi connectivity index (χ4v) is 1.85. The van der Waals surface area contributed by atoms with Gasteiger partial charge in [-0.2, -0.15) is 0 Å². The SMILES string of the molecule is CCOC(=O)c1nnn(CCc2cccnc2)c1CN. The monoisotopic (exact) mass is 275 g/mol. The molecule has 2 rings (SSSR count). The Kier molecular flexibility index (Phi) is 4.78. The number of aromatic nitrogens is 4. The first-order valence-corrected chi connectivity index (χ1v) is 6.44. The Hall–Kier alpha value is -2.28. The molecule has 0 aliphatic heterocycles. The van der Waals surface area contributed by atoms with Crippen molar-refractivity contribution in [1.29, 1.82) is 0 Å². The molecule has 0 aliphatic rings. The van der Waals surface area contributed by atoms with Crippen molar-refractivity contribution in [2.45, 2.75) is 26.4 Å². The van der Waals surface area contributed by atoms with Crippen LogP contribution in [-0.2, 0) is 24.2 Å². The van der Waals surface area contributed by atoms with Crippen molar-refractivity contribution in [3.05, 3.63) is 41.5 Å². The van der Waals surface area contributed by atoms with Crippen molar-refractivity contribution >= 4 is 5.97 Å². The number of hydrogen-bond acceptors (Lipinski definition) is 6. The Morgan fingerprint density at radius 1 is 1.50 bits per heavy atom. The van der Waals surface area contributed by atoms with Crippen LogP contribution in [0.25, 0.3) is 0 Å². The number of carbonyl (C=O) groups is 1. The van der Waals surface area contributed by atoms with Gasteiger partial charge in [-0.15, -0.1) is 5.10 Å². The van der Waals surface area contributed by atoms with Crippen molar-refractivity contribution in [3.63, 3.8) is 0 Å². The van der Waals surface area contributed by atoms with Gasteiger partial charge in [-0.25, -0.2) is 9.48 Å². The summed E-state index contributed by atoms with van der Waals surface area (Å²) in [5, 5.41) is 7.83. The van der Waals surface area contributed by atoms with Crippen LogP contribution >= 0.6 is 0 Å². The van der Waals surface area contributed by atoms with E-state index in [1.807, 2.05) is 12.1 Å². The van der Waals surface area contributed by atoms with Crippen molar-refractivity contribution in [3.8, 4) is 0 Å². The number of esters is 1. The fourth-order valence-electron chi connectivity index (χ4n) is 1.85. The van der Waals surface area contributed by atoms with Crippen LogP contribution in [0, 0.1) is 0 Å². The molecule has 0 amide bonds. The van der Waals surface area contributed by atoms with Crippen LogP contribution in [0.1, 0.15) is 28.7 Å². The number of carbonyl (C=O) groups excluding carboxylic acids is 1. The van der Waals surface area contributed by atoms with Crippen LogP contribution in [0.2, 0.25) is 0 Å². The van der Waals surface area contributed by atoms with Crippen molar-refractivity contribution < 1.29 is 9.53 Å². The largest absolute Gasteiger partial charge is 0.461 e. The second-order valence-corrected chi connectivity index (χ2v) is 4.14. The van der Waals surface area contributed by atoms with E-state index in [0.717, 1.165) is 12.0 Å². The molecule has 0 aliphatic carbocycles. The molecule has 2 N–H and O–H groups in total. The van der Waals surface area contributed by atoms with E-state index in [2.05, 4.69) is 15.3 Å². The average Bonchev–Trinajstić information content (AvgIpc) is 2.89. The molecule has 2 aromatic heterocycles. The third-order valence-corrected chi connectivity index (χ3v) is 2.83. The summed E-state index contributed by atoms with van der Waals surface area (Å²) in [6.07, 6.45) is 4.26. The predicted octanol–water partition coefficient (Wildman–Crippen LogP) is 0.551. The molecule has 7 heteroatoms. The van der Waals surface area contributed by atoms with Crippen LogP contribution in [-0.4, -0.2) is 32.6 Å². The van der Waals surface area contributed by atoms with E-state index in [9.17, 15) is 4.79 Å². The molecule has 0 bridgehead atoms. The zero-order chi connectivity index (χ0) is 14.4. The zero-order valence-corrected chi connectivity index (χ0v) is 11.3. The van der Waals surface area contributed by atoms with Gasteiger partial charge in [0.15, 0.2) is 5.69 Å². The van der Waals surface area contributed by atoms with E-state index in [1.54, 1.807) is 24.0 Å². The minimum atomic E-state index is -0.486. The van der Waals surface area contributed by atoms with Gasteiger partial charge < -0.3 is 10.5 Å². The molecular formula is C13H17N5O2. The van der Waals surface area contributed by atoms with Crippen molar-refractivity contribution in [2.75, 3.05) is 6.61 Å². The van der Waals surface area contributed by atoms with Crippen molar-refractivity contribution in [1.82, 2.24) is 20.0 Å². The topological polar surface area (TPSA) is 95.9 Å². The van der Waals surface area contributed by atoms with Gasteiger partial charge in [0.05, 0.1) is 12.3 Å². The van der Waals surface area contributed by atoms with Gasteiger partial charge in [-0.3, -0.25) is 4.98 Å². The second kappa shape index (κ2) is 6.76. The lowest BCUT2D eigenvalue weighted by molar-refractivity contribution is 0.0518. The Labute approximate surface area is 116 Å². The highest BCUT2D eigenvalue weighted by molar-refractivity contribution is 5.88. The molecule has 0 fully saturated rings. The first kappa shape index (κ1) is 14.1. The predicted molar refractivity (Wildman–Crippen MR) is 71.8 cm³/mol. The highest BCUT2D eigenvalue weighted by atomic mass is 16.5. The first-order chi connectivity index (χ1) is 9.76. The molecule has 2 aromatic rings. The highest BCUT2D eigenvalue weighted by Gasteiger charge is 2.19. The lowest BCUT2D eigenvalue weighted by Crippen LogP contribution is -2.15. The van der Waals surface area contributed by atoms with E-state index in [0.29, 0.717) is 18.8 Å². The molecule has 0 atom stereocenters. The quantitative estimate of drug-likeness (QED) is 0.773. The summed E-state index contributed by atoms with van der Waals surface area (Å²) in [5.74, 6) is -0.486. The lowest BCUT2D eigenvalue weighted by Gasteiger charge is -2.05. The number of hydrogen-bond donors (Lipinski definition) is 1. The highest BCUT2D eigenvalue weighted by Crippen LogP contribution is 2.08. The zero-order valence-electron chi connectivity index (χ0n) is 11.3. The summed E-state index contributed by atoms with van der Waals surface area (Å²) in [7, 11) is 0. The second-order valence-electron chi connectivity index (χ2n) is 4.14. The number of rotatable bonds is 6. The number of aryl methyl sites for hydroxylation is 2. The van der Waals surface area contributed by atoms with Gasteiger partial charge in [-0.05, 0) is 25.0 Å². The van der Waals surface area contributed by atoms with Crippen molar-refractivity contribution in [2.24, 2.45) is 5.73 Å². The molecule has 20 heavy (non-hydrogen) atoms. The third-order valence-electron chi connectivity index (χ3n) is 2.83. The minimum absolute atomic E-state index is 0.189. The first-order valence-electron chi connectivity index (χ1n) is 6.44. The van der Waals surface area contributed by atoms with E-state index in [1.165, 1.54) is 0 Å². The minimum Gasteiger partial charge on any atom is -0.461 e. The smallest absolute Gasteiger partial charge is 0.360 e. The molecule has 7 nitrogen and oxygen atoms in total. The van der Waals surface area contributed by atoms with Gasteiger partial charge in [0.25, 0.3) is 0 Å². The van der Waals surface area contributed by atoms with Gasteiger partial charge in [0.1, 0.15) is 0 Å². The standard InChI is InChI=1S/C13H17N5O2/c1-2-20-13(19)12-11(8-14)18(17-16-12)7-5-10-4-3-6-15-9-10/h3-4,6,9H,2,5,7-8,14H2,1H3. The molecule has 0 spiro atoms. The Bertz CT molecular complexity index is 567. The van der Waals surface area contributed by atoms with Gasteiger partial charge >= 0.3 is 5.97 Å². The number of ether oxygens (including phenoxy) is 1. The molecule has 0 radical (unpaired) electrons. The van der Waals surface area contributed by atoms with Gasteiger partial charge in [-0.1, -0.05) is 11.3 Å². The molecule has 0 aromatic carbocycles. The van der Waals surface area contributed by atoms with Crippen LogP contribution in [0.15, 0.2) is 24.5 Å². The van der Waals surface area contributed by atoms with E-state index < -0.39 is 5.97 Å². The molecule has 0 unspecified atom stereocenters. The van der Waals surface area contributed by atoms with Gasteiger partial charge in [0, 0.05) is 25.5 Å². The maximum atomic E-state index is 11.7. The van der Waals surface area contributed by atoms with Crippen LogP contribution < -0.4 is 5.73 Å². The lowest BCUT2D eigenvalue weighted by atomic mass is 10.2. The Morgan fingerprint density at radius 3 is 3.00 bits per heavy atom. The van der Waals surface area contributed by atoms with E-state index >= 15 is 0 Å². The molecule has 0 saturated carbocycles. The average molecular weight is 275 g/mol. The van der Waals surface area contributed by atoms with E-state index in [4.69, 9.17) is 10.5 Å². The summed E-state index contributed by atoms with van der Waals surface area (Å²) >= 11 is 0. The summed E-state index contributed by atoms with van der Waals surface area (Å²) in [5.41, 5.74) is 7.55. The Balaban J connectivity index is 2.10. The molecule has 0 saturated heterocycles. The summed E-state index contributed by atoms with van der Waals surface area (Å²) < 4.78 is 6.56. The van der Waals surface area contributed by atoms with Gasteiger partial charge in [0.2, 0.25) is 0 Å². The summed E-state index contributed by atoms with van der Waals surface area (Å²) in [6, 6.07) is 3.86. The maximum absolute atomic E-state index is 11.7. The van der Waals surface area contributed by atoms with E-state index in [-0.39, 0.29) is 12.2 Å². The molecule has 2 heterocycles.